The van der Waals surface area contributed by atoms with E-state index in [2.05, 4.69) is 13.5 Å². The molecule has 5 rings (SSSR count). The van der Waals surface area contributed by atoms with Gasteiger partial charge >= 0.3 is 0 Å². The van der Waals surface area contributed by atoms with E-state index in [0.29, 0.717) is 12.3 Å². The highest BCUT2D eigenvalue weighted by atomic mass is 16.6. The first-order valence-corrected chi connectivity index (χ1v) is 10.7. The van der Waals surface area contributed by atoms with Crippen LogP contribution in [0.2, 0.25) is 0 Å². The van der Waals surface area contributed by atoms with Crippen molar-refractivity contribution in [1.82, 2.24) is 0 Å². The lowest BCUT2D eigenvalue weighted by molar-refractivity contribution is -0.129. The van der Waals surface area contributed by atoms with Crippen LogP contribution in [0.1, 0.15) is 23.6 Å². The minimum Gasteiger partial charge on any atom is -0.373 e. The summed E-state index contributed by atoms with van der Waals surface area (Å²) in [7, 11) is 0. The van der Waals surface area contributed by atoms with Crippen LogP contribution in [-0.4, -0.2) is 30.1 Å². The Morgan fingerprint density at radius 3 is 2.45 bits per heavy atom. The SMILES string of the molecule is C=Cc1ccc(COCC23C=CC(O2)C2C(=O)N(c4ccc(CC)cc4)C(=O)C23)cc1. The molecule has 0 N–H and O–H groups in total. The molecule has 0 aliphatic carbocycles. The average Bonchev–Trinajstić information content (AvgIpc) is 3.44. The number of hydrogen-bond acceptors (Lipinski definition) is 4. The fourth-order valence-electron chi connectivity index (χ4n) is 4.88. The van der Waals surface area contributed by atoms with E-state index in [0.717, 1.165) is 17.5 Å². The van der Waals surface area contributed by atoms with Crippen molar-refractivity contribution in [2.24, 2.45) is 11.8 Å². The van der Waals surface area contributed by atoms with Gasteiger partial charge in [-0.2, -0.15) is 0 Å². The van der Waals surface area contributed by atoms with Crippen LogP contribution < -0.4 is 4.90 Å². The topological polar surface area (TPSA) is 55.8 Å². The Bertz CT molecular complexity index is 1060. The van der Waals surface area contributed by atoms with E-state index < -0.39 is 17.4 Å². The molecular formula is C26H25NO4. The van der Waals surface area contributed by atoms with Gasteiger partial charge in [-0.15, -0.1) is 0 Å². The second-order valence-corrected chi connectivity index (χ2v) is 8.37. The molecule has 5 nitrogen and oxygen atoms in total. The van der Waals surface area contributed by atoms with Crippen LogP contribution in [0, 0.1) is 11.8 Å². The molecule has 2 aromatic rings. The van der Waals surface area contributed by atoms with Crippen LogP contribution in [0.25, 0.3) is 6.08 Å². The fourth-order valence-corrected chi connectivity index (χ4v) is 4.88. The lowest BCUT2D eigenvalue weighted by Crippen LogP contribution is -2.44. The zero-order chi connectivity index (χ0) is 21.6. The summed E-state index contributed by atoms with van der Waals surface area (Å²) >= 11 is 0. The van der Waals surface area contributed by atoms with Crippen LogP contribution in [0.15, 0.2) is 67.3 Å². The molecule has 31 heavy (non-hydrogen) atoms. The van der Waals surface area contributed by atoms with Gasteiger partial charge in [0.2, 0.25) is 11.8 Å². The largest absolute Gasteiger partial charge is 0.373 e. The van der Waals surface area contributed by atoms with Crippen molar-refractivity contribution < 1.29 is 19.1 Å². The summed E-state index contributed by atoms with van der Waals surface area (Å²) in [5, 5.41) is 0. The number of carbonyl (C=O) groups excluding carboxylic acids is 2. The van der Waals surface area contributed by atoms with Crippen LogP contribution >= 0.6 is 0 Å². The van der Waals surface area contributed by atoms with E-state index in [1.807, 2.05) is 60.7 Å². The van der Waals surface area contributed by atoms with Gasteiger partial charge in [0.15, 0.2) is 0 Å². The van der Waals surface area contributed by atoms with Gasteiger partial charge in [-0.3, -0.25) is 9.59 Å². The van der Waals surface area contributed by atoms with Crippen molar-refractivity contribution >= 4 is 23.6 Å². The molecule has 2 saturated heterocycles. The molecule has 2 bridgehead atoms. The predicted molar refractivity (Wildman–Crippen MR) is 118 cm³/mol. The first-order chi connectivity index (χ1) is 15.1. The van der Waals surface area contributed by atoms with Gasteiger partial charge in [0, 0.05) is 0 Å². The van der Waals surface area contributed by atoms with Gasteiger partial charge in [-0.25, -0.2) is 4.90 Å². The lowest BCUT2D eigenvalue weighted by atomic mass is 9.77. The number of carbonyl (C=O) groups is 2. The predicted octanol–water partition coefficient (Wildman–Crippen LogP) is 3.92. The monoisotopic (exact) mass is 415 g/mol. The van der Waals surface area contributed by atoms with E-state index in [1.54, 1.807) is 6.08 Å². The normalized spacial score (nSPS) is 28.4. The molecule has 3 heterocycles. The molecule has 4 unspecified atom stereocenters. The van der Waals surface area contributed by atoms with Gasteiger partial charge in [-0.1, -0.05) is 68.1 Å². The molecule has 3 aliphatic rings. The van der Waals surface area contributed by atoms with Crippen LogP contribution in [0.5, 0.6) is 0 Å². The summed E-state index contributed by atoms with van der Waals surface area (Å²) in [6, 6.07) is 15.6. The quantitative estimate of drug-likeness (QED) is 0.508. The first-order valence-electron chi connectivity index (χ1n) is 10.7. The van der Waals surface area contributed by atoms with Crippen LogP contribution in [0.4, 0.5) is 5.69 Å². The standard InChI is InChI=1S/C26H25NO4/c1-3-17-5-7-19(8-6-17)15-30-16-26-14-13-21(31-26)22-23(26)25(29)27(24(22)28)20-11-9-18(4-2)10-12-20/h3,5-14,21-23H,1,4,15-16H2,2H3. The number of nitrogens with zero attached hydrogens (tertiary/aromatic N) is 1. The number of hydrogen-bond donors (Lipinski definition) is 0. The third-order valence-corrected chi connectivity index (χ3v) is 6.57. The summed E-state index contributed by atoms with van der Waals surface area (Å²) in [5.41, 5.74) is 2.98. The number of anilines is 1. The Labute approximate surface area is 182 Å². The minimum atomic E-state index is -0.888. The van der Waals surface area contributed by atoms with Crippen LogP contribution in [-0.2, 0) is 32.1 Å². The summed E-state index contributed by atoms with van der Waals surface area (Å²) < 4.78 is 12.1. The Hall–Kier alpha value is -3.02. The van der Waals surface area contributed by atoms with E-state index >= 15 is 0 Å². The highest BCUT2D eigenvalue weighted by Crippen LogP contribution is 2.52. The van der Waals surface area contributed by atoms with E-state index in [1.165, 1.54) is 10.5 Å². The summed E-state index contributed by atoms with van der Waals surface area (Å²) in [5.74, 6) is -1.43. The molecule has 5 heteroatoms. The van der Waals surface area contributed by atoms with Crippen LogP contribution in [0.3, 0.4) is 0 Å². The van der Waals surface area contributed by atoms with Crippen molar-refractivity contribution in [2.45, 2.75) is 31.7 Å². The number of benzene rings is 2. The van der Waals surface area contributed by atoms with Crippen molar-refractivity contribution in [3.63, 3.8) is 0 Å². The van der Waals surface area contributed by atoms with Gasteiger partial charge in [0.25, 0.3) is 0 Å². The van der Waals surface area contributed by atoms with Gasteiger partial charge in [0.05, 0.1) is 36.8 Å². The summed E-state index contributed by atoms with van der Waals surface area (Å²) in [6.45, 7) is 6.47. The van der Waals surface area contributed by atoms with E-state index in [9.17, 15) is 9.59 Å². The molecule has 3 aliphatic heterocycles. The average molecular weight is 415 g/mol. The van der Waals surface area contributed by atoms with Gasteiger partial charge in [0.1, 0.15) is 5.60 Å². The Morgan fingerprint density at radius 1 is 1.06 bits per heavy atom. The zero-order valence-electron chi connectivity index (χ0n) is 17.5. The maximum Gasteiger partial charge on any atom is 0.241 e. The highest BCUT2D eigenvalue weighted by molar-refractivity contribution is 6.23. The molecule has 2 fully saturated rings. The lowest BCUT2D eigenvalue weighted by Gasteiger charge is -2.28. The highest BCUT2D eigenvalue weighted by Gasteiger charge is 2.67. The molecular weight excluding hydrogens is 390 g/mol. The molecule has 0 aromatic heterocycles. The fraction of sp³-hybridized carbons (Fsp3) is 0.308. The number of imide groups is 1. The number of ether oxygens (including phenoxy) is 2. The number of amides is 2. The third kappa shape index (κ3) is 3.16. The second-order valence-electron chi connectivity index (χ2n) is 8.37. The molecule has 4 atom stereocenters. The minimum absolute atomic E-state index is 0.185. The van der Waals surface area contributed by atoms with E-state index in [4.69, 9.17) is 9.47 Å². The van der Waals surface area contributed by atoms with Crippen molar-refractivity contribution in [3.05, 3.63) is 84.0 Å². The number of fused-ring (bicyclic) bond motifs is 5. The molecule has 0 radical (unpaired) electrons. The maximum absolute atomic E-state index is 13.4. The van der Waals surface area contributed by atoms with Crippen molar-refractivity contribution in [3.8, 4) is 0 Å². The Balaban J connectivity index is 1.33. The van der Waals surface area contributed by atoms with E-state index in [-0.39, 0.29) is 24.5 Å². The number of rotatable bonds is 7. The maximum atomic E-state index is 13.4. The zero-order valence-corrected chi connectivity index (χ0v) is 17.5. The van der Waals surface area contributed by atoms with Crippen molar-refractivity contribution in [1.29, 1.82) is 0 Å². The molecule has 2 aromatic carbocycles. The summed E-state index contributed by atoms with van der Waals surface area (Å²) in [6.07, 6.45) is 6.14. The van der Waals surface area contributed by atoms with Crippen molar-refractivity contribution in [2.75, 3.05) is 11.5 Å². The molecule has 2 amide bonds. The van der Waals surface area contributed by atoms with Gasteiger partial charge < -0.3 is 9.47 Å². The third-order valence-electron chi connectivity index (χ3n) is 6.57. The smallest absolute Gasteiger partial charge is 0.241 e. The second kappa shape index (κ2) is 7.59. The molecule has 0 spiro atoms. The molecule has 0 saturated carbocycles. The number of aryl methyl sites for hydroxylation is 1. The Morgan fingerprint density at radius 2 is 1.77 bits per heavy atom. The Kier molecular flexibility index (Phi) is 4.88. The van der Waals surface area contributed by atoms with Gasteiger partial charge in [-0.05, 0) is 35.2 Å². The summed E-state index contributed by atoms with van der Waals surface area (Å²) in [4.78, 5) is 27.9. The first kappa shape index (κ1) is 19.9. The molecule has 158 valence electrons.